The van der Waals surface area contributed by atoms with Crippen molar-refractivity contribution in [3.8, 4) is 11.6 Å². The highest BCUT2D eigenvalue weighted by molar-refractivity contribution is 9.10. The van der Waals surface area contributed by atoms with Crippen LogP contribution in [0.3, 0.4) is 0 Å². The quantitative estimate of drug-likeness (QED) is 0.748. The Hall–Kier alpha value is -2.12. The second-order valence-electron chi connectivity index (χ2n) is 7.08. The second-order valence-corrected chi connectivity index (χ2v) is 7.93. The van der Waals surface area contributed by atoms with Crippen molar-refractivity contribution in [2.24, 2.45) is 0 Å². The minimum absolute atomic E-state index is 0.0144. The first-order chi connectivity index (χ1) is 13.1. The molecule has 140 valence electrons. The molecule has 0 N–H and O–H groups in total. The minimum Gasteiger partial charge on any atom is -0.490 e. The number of carbonyl (C=O) groups excluding carboxylic acids is 1. The van der Waals surface area contributed by atoms with Crippen LogP contribution in [0, 0.1) is 0 Å². The molecule has 1 amide bonds. The number of pyridine rings is 1. The Morgan fingerprint density at radius 2 is 2.26 bits per heavy atom. The molecule has 1 aromatic carbocycles. The summed E-state index contributed by atoms with van der Waals surface area (Å²) in [5.41, 5.74) is 1.46. The maximum Gasteiger partial charge on any atom is 0.247 e. The van der Waals surface area contributed by atoms with Crippen LogP contribution in [0.2, 0.25) is 0 Å². The zero-order valence-electron chi connectivity index (χ0n) is 14.9. The number of aromatic nitrogens is 1. The van der Waals surface area contributed by atoms with Gasteiger partial charge in [-0.05, 0) is 31.0 Å². The molecule has 2 atom stereocenters. The van der Waals surface area contributed by atoms with Crippen LogP contribution in [0.25, 0.3) is 0 Å². The molecule has 3 aliphatic heterocycles. The van der Waals surface area contributed by atoms with Gasteiger partial charge >= 0.3 is 0 Å². The lowest BCUT2D eigenvalue weighted by Crippen LogP contribution is -2.45. The topological polar surface area (TPSA) is 60.9 Å². The van der Waals surface area contributed by atoms with Gasteiger partial charge in [0.15, 0.2) is 5.41 Å². The molecule has 1 saturated heterocycles. The molecule has 3 aliphatic rings. The third-order valence-electron chi connectivity index (χ3n) is 5.62. The molecule has 1 spiro atoms. The molecule has 7 heteroatoms. The smallest absolute Gasteiger partial charge is 0.247 e. The van der Waals surface area contributed by atoms with Gasteiger partial charge in [0, 0.05) is 28.4 Å². The maximum atomic E-state index is 13.8. The van der Waals surface area contributed by atoms with E-state index in [-0.39, 0.29) is 18.6 Å². The number of benzene rings is 1. The molecule has 2 unspecified atom stereocenters. The Bertz CT molecular complexity index is 928. The molecule has 0 aliphatic carbocycles. The van der Waals surface area contributed by atoms with Gasteiger partial charge in [0.1, 0.15) is 18.1 Å². The van der Waals surface area contributed by atoms with Crippen molar-refractivity contribution in [1.82, 2.24) is 4.98 Å². The van der Waals surface area contributed by atoms with Gasteiger partial charge in [-0.25, -0.2) is 4.98 Å². The fraction of sp³-hybridized carbons (Fsp3) is 0.400. The van der Waals surface area contributed by atoms with Crippen LogP contribution < -0.4 is 14.4 Å². The predicted molar refractivity (Wildman–Crippen MR) is 103 cm³/mol. The molecule has 1 fully saturated rings. The van der Waals surface area contributed by atoms with Gasteiger partial charge in [0.2, 0.25) is 11.8 Å². The number of methoxy groups -OCH3 is 1. The number of amides is 1. The zero-order chi connectivity index (χ0) is 18.6. The number of hydrogen-bond acceptors (Lipinski definition) is 5. The number of rotatable bonds is 3. The number of ether oxygens (including phenoxy) is 3. The Balaban J connectivity index is 1.68. The lowest BCUT2D eigenvalue weighted by atomic mass is 9.80. The number of halogens is 1. The van der Waals surface area contributed by atoms with E-state index >= 15 is 0 Å². The monoisotopic (exact) mass is 430 g/mol. The van der Waals surface area contributed by atoms with Crippen LogP contribution in [0.4, 0.5) is 5.69 Å². The van der Waals surface area contributed by atoms with Crippen LogP contribution in [-0.2, 0) is 14.9 Å². The molecule has 27 heavy (non-hydrogen) atoms. The van der Waals surface area contributed by atoms with Crippen molar-refractivity contribution in [2.45, 2.75) is 24.4 Å². The molecular weight excluding hydrogens is 412 g/mol. The first-order valence-corrected chi connectivity index (χ1v) is 9.85. The highest BCUT2D eigenvalue weighted by atomic mass is 79.9. The first-order valence-electron chi connectivity index (χ1n) is 9.06. The zero-order valence-corrected chi connectivity index (χ0v) is 16.5. The molecular formula is C20H19BrN2O4. The Kier molecular flexibility index (Phi) is 3.91. The van der Waals surface area contributed by atoms with Gasteiger partial charge in [-0.2, -0.15) is 0 Å². The third-order valence-corrected chi connectivity index (χ3v) is 6.28. The summed E-state index contributed by atoms with van der Waals surface area (Å²) in [7, 11) is 1.57. The highest BCUT2D eigenvalue weighted by Crippen LogP contribution is 2.54. The highest BCUT2D eigenvalue weighted by Gasteiger charge is 2.59. The molecule has 0 bridgehead atoms. The van der Waals surface area contributed by atoms with Gasteiger partial charge in [-0.1, -0.05) is 22.0 Å². The van der Waals surface area contributed by atoms with E-state index in [1.165, 1.54) is 0 Å². The van der Waals surface area contributed by atoms with Crippen LogP contribution in [0.5, 0.6) is 11.6 Å². The van der Waals surface area contributed by atoms with Crippen molar-refractivity contribution >= 4 is 27.5 Å². The summed E-state index contributed by atoms with van der Waals surface area (Å²) in [6.45, 7) is 1.54. The molecule has 2 aromatic rings. The summed E-state index contributed by atoms with van der Waals surface area (Å²) in [6, 6.07) is 9.47. The summed E-state index contributed by atoms with van der Waals surface area (Å²) in [4.78, 5) is 20.2. The van der Waals surface area contributed by atoms with Crippen molar-refractivity contribution in [2.75, 3.05) is 31.8 Å². The van der Waals surface area contributed by atoms with Gasteiger partial charge in [-0.3, -0.25) is 4.79 Å². The normalized spacial score (nSPS) is 25.6. The van der Waals surface area contributed by atoms with Crippen molar-refractivity contribution < 1.29 is 19.0 Å². The van der Waals surface area contributed by atoms with Crippen molar-refractivity contribution in [3.63, 3.8) is 0 Å². The fourth-order valence-corrected chi connectivity index (χ4v) is 5.05. The SMILES string of the molecule is COc1ccc2c(n1)C1(CO2)C(=O)N(CC2CCCO2)c2cccc(Br)c21. The molecule has 4 heterocycles. The number of carbonyl (C=O) groups is 1. The van der Waals surface area contributed by atoms with Crippen molar-refractivity contribution in [1.29, 1.82) is 0 Å². The lowest BCUT2D eigenvalue weighted by molar-refractivity contribution is -0.122. The molecule has 1 aromatic heterocycles. The average molecular weight is 431 g/mol. The van der Waals surface area contributed by atoms with Crippen LogP contribution >= 0.6 is 15.9 Å². The van der Waals surface area contributed by atoms with Gasteiger partial charge in [0.05, 0.1) is 19.8 Å². The van der Waals surface area contributed by atoms with E-state index in [1.807, 2.05) is 29.2 Å². The summed E-state index contributed by atoms with van der Waals surface area (Å²) < 4.78 is 17.9. The maximum absolute atomic E-state index is 13.8. The summed E-state index contributed by atoms with van der Waals surface area (Å²) in [5.74, 6) is 1.09. The number of hydrogen-bond donors (Lipinski definition) is 0. The van der Waals surface area contributed by atoms with E-state index < -0.39 is 5.41 Å². The fourth-order valence-electron chi connectivity index (χ4n) is 4.35. The summed E-state index contributed by atoms with van der Waals surface area (Å²) in [6.07, 6.45) is 2.07. The number of fused-ring (bicyclic) bond motifs is 4. The van der Waals surface area contributed by atoms with Crippen LogP contribution in [0.15, 0.2) is 34.8 Å². The Labute approximate surface area is 165 Å². The Morgan fingerprint density at radius 3 is 3.04 bits per heavy atom. The van der Waals surface area contributed by atoms with Crippen molar-refractivity contribution in [3.05, 3.63) is 46.1 Å². The van der Waals surface area contributed by atoms with E-state index in [0.717, 1.165) is 35.2 Å². The predicted octanol–water partition coefficient (Wildman–Crippen LogP) is 3.06. The van der Waals surface area contributed by atoms with E-state index in [4.69, 9.17) is 14.2 Å². The third kappa shape index (κ3) is 2.34. The van der Waals surface area contributed by atoms with E-state index in [2.05, 4.69) is 20.9 Å². The Morgan fingerprint density at radius 1 is 1.37 bits per heavy atom. The van der Waals surface area contributed by atoms with E-state index in [9.17, 15) is 4.79 Å². The minimum atomic E-state index is -0.960. The standard InChI is InChI=1S/C20H19BrN2O4/c1-25-16-8-7-15-18(22-16)20(11-27-15)17-13(21)5-2-6-14(17)23(19(20)24)10-12-4-3-9-26-12/h2,5-8,12H,3-4,9-11H2,1H3. The van der Waals surface area contributed by atoms with Crippen LogP contribution in [-0.4, -0.2) is 43.9 Å². The first kappa shape index (κ1) is 17.0. The summed E-state index contributed by atoms with van der Waals surface area (Å²) >= 11 is 3.66. The largest absolute Gasteiger partial charge is 0.490 e. The average Bonchev–Trinajstić information content (AvgIpc) is 3.38. The van der Waals surface area contributed by atoms with E-state index in [1.54, 1.807) is 13.2 Å². The lowest BCUT2D eigenvalue weighted by Gasteiger charge is -2.24. The van der Waals surface area contributed by atoms with Gasteiger partial charge < -0.3 is 19.1 Å². The number of anilines is 1. The van der Waals surface area contributed by atoms with Gasteiger partial charge in [0.25, 0.3) is 0 Å². The summed E-state index contributed by atoms with van der Waals surface area (Å²) in [5, 5.41) is 0. The second kappa shape index (κ2) is 6.21. The molecule has 5 rings (SSSR count). The molecule has 0 radical (unpaired) electrons. The number of nitrogens with zero attached hydrogens (tertiary/aromatic N) is 2. The van der Waals surface area contributed by atoms with Gasteiger partial charge in [-0.15, -0.1) is 0 Å². The molecule has 6 nitrogen and oxygen atoms in total. The van der Waals surface area contributed by atoms with Crippen LogP contribution in [0.1, 0.15) is 24.1 Å². The van der Waals surface area contributed by atoms with E-state index in [0.29, 0.717) is 23.9 Å². The molecule has 0 saturated carbocycles.